The van der Waals surface area contributed by atoms with Crippen LogP contribution in [-0.2, 0) is 22.7 Å². The maximum Gasteiger partial charge on any atom is 0.431 e. The Balaban J connectivity index is 1.86. The number of aromatic nitrogens is 3. The van der Waals surface area contributed by atoms with Gasteiger partial charge in [0, 0.05) is 18.5 Å². The van der Waals surface area contributed by atoms with E-state index >= 15 is 0 Å². The van der Waals surface area contributed by atoms with Crippen LogP contribution in [0, 0.1) is 0 Å². The lowest BCUT2D eigenvalue weighted by molar-refractivity contribution is -0.144. The van der Waals surface area contributed by atoms with Crippen molar-refractivity contribution in [3.8, 4) is 5.69 Å². The third-order valence-corrected chi connectivity index (χ3v) is 5.75. The number of hydrogen-bond acceptors (Lipinski definition) is 6. The van der Waals surface area contributed by atoms with E-state index in [9.17, 15) is 22.8 Å². The highest BCUT2D eigenvalue weighted by atomic mass is 32.1. The lowest BCUT2D eigenvalue weighted by atomic mass is 10.2. The standard InChI is InChI=1S/C18H16F3N3O4S/c1-8-9(2)28-16(27-8)15-11-6-10(4-5-12(11)29-22-15)24-14(25)7-13(18(19,20)21)23(3)17(24)26/h4-9,16H,1-3H3/t8-,9+,16?. The summed E-state index contributed by atoms with van der Waals surface area (Å²) >= 11 is 1.20. The van der Waals surface area contributed by atoms with Crippen molar-refractivity contribution in [2.45, 2.75) is 38.5 Å². The zero-order valence-corrected chi connectivity index (χ0v) is 16.4. The molecule has 0 spiro atoms. The van der Waals surface area contributed by atoms with E-state index in [1.54, 1.807) is 6.07 Å². The molecule has 3 atom stereocenters. The summed E-state index contributed by atoms with van der Waals surface area (Å²) in [5.74, 6) is 0. The van der Waals surface area contributed by atoms with E-state index in [4.69, 9.17) is 9.47 Å². The predicted octanol–water partition coefficient (Wildman–Crippen LogP) is 2.99. The molecule has 1 aromatic carbocycles. The zero-order chi connectivity index (χ0) is 21.1. The molecule has 3 aromatic rings. The largest absolute Gasteiger partial charge is 0.431 e. The molecule has 1 fully saturated rings. The van der Waals surface area contributed by atoms with Crippen LogP contribution >= 0.6 is 11.5 Å². The van der Waals surface area contributed by atoms with E-state index in [1.165, 1.54) is 23.7 Å². The number of hydrogen-bond donors (Lipinski definition) is 0. The molecule has 29 heavy (non-hydrogen) atoms. The molecule has 1 aliphatic heterocycles. The molecule has 7 nitrogen and oxygen atoms in total. The van der Waals surface area contributed by atoms with Crippen molar-refractivity contribution < 1.29 is 22.6 Å². The highest BCUT2D eigenvalue weighted by molar-refractivity contribution is 7.13. The highest BCUT2D eigenvalue weighted by Crippen LogP contribution is 2.36. The van der Waals surface area contributed by atoms with E-state index in [-0.39, 0.29) is 17.9 Å². The van der Waals surface area contributed by atoms with E-state index < -0.39 is 29.4 Å². The first-order chi connectivity index (χ1) is 13.6. The van der Waals surface area contributed by atoms with Crippen molar-refractivity contribution in [1.82, 2.24) is 13.5 Å². The van der Waals surface area contributed by atoms with Gasteiger partial charge in [-0.2, -0.15) is 17.5 Å². The van der Waals surface area contributed by atoms with Gasteiger partial charge in [0.05, 0.1) is 22.6 Å². The fourth-order valence-corrected chi connectivity index (χ4v) is 3.93. The van der Waals surface area contributed by atoms with Gasteiger partial charge < -0.3 is 9.47 Å². The second kappa shape index (κ2) is 6.78. The Morgan fingerprint density at radius 1 is 1.10 bits per heavy atom. The average molecular weight is 427 g/mol. The molecular weight excluding hydrogens is 411 g/mol. The second-order valence-electron chi connectivity index (χ2n) is 6.81. The summed E-state index contributed by atoms with van der Waals surface area (Å²) in [6, 6.07) is 5.08. The van der Waals surface area contributed by atoms with Gasteiger partial charge in [-0.05, 0) is 43.6 Å². The topological polar surface area (TPSA) is 75.4 Å². The average Bonchev–Trinajstić information content (AvgIpc) is 3.20. The Hall–Kier alpha value is -2.50. The monoisotopic (exact) mass is 427 g/mol. The summed E-state index contributed by atoms with van der Waals surface area (Å²) in [5, 5.41) is 0.604. The summed E-state index contributed by atoms with van der Waals surface area (Å²) in [6.07, 6.45) is -5.78. The number of halogens is 3. The lowest BCUT2D eigenvalue weighted by Crippen LogP contribution is -2.40. The van der Waals surface area contributed by atoms with Gasteiger partial charge in [0.25, 0.3) is 5.56 Å². The van der Waals surface area contributed by atoms with Crippen LogP contribution in [0.5, 0.6) is 0 Å². The number of benzene rings is 1. The van der Waals surface area contributed by atoms with Crippen molar-refractivity contribution >= 4 is 21.6 Å². The van der Waals surface area contributed by atoms with Crippen LogP contribution in [0.25, 0.3) is 15.8 Å². The minimum absolute atomic E-state index is 0.134. The van der Waals surface area contributed by atoms with Gasteiger partial charge in [0.2, 0.25) is 6.29 Å². The molecular formula is C18H16F3N3O4S. The predicted molar refractivity (Wildman–Crippen MR) is 99.3 cm³/mol. The number of rotatable bonds is 2. The number of ether oxygens (including phenoxy) is 2. The van der Waals surface area contributed by atoms with Crippen LogP contribution in [0.4, 0.5) is 13.2 Å². The fraction of sp³-hybridized carbons (Fsp3) is 0.389. The molecule has 0 N–H and O–H groups in total. The van der Waals surface area contributed by atoms with Crippen LogP contribution in [0.15, 0.2) is 33.9 Å². The Bertz CT molecular complexity index is 1200. The Kier molecular flexibility index (Phi) is 4.63. The van der Waals surface area contributed by atoms with Crippen LogP contribution in [0.2, 0.25) is 0 Å². The minimum Gasteiger partial charge on any atom is -0.341 e. The molecule has 154 valence electrons. The maximum absolute atomic E-state index is 13.1. The first kappa shape index (κ1) is 19.8. The van der Waals surface area contributed by atoms with E-state index in [1.807, 2.05) is 13.8 Å². The number of fused-ring (bicyclic) bond motifs is 1. The molecule has 4 rings (SSSR count). The van der Waals surface area contributed by atoms with Crippen LogP contribution in [0.3, 0.4) is 0 Å². The molecule has 2 aromatic heterocycles. The first-order valence-corrected chi connectivity index (χ1v) is 9.46. The Morgan fingerprint density at radius 2 is 1.76 bits per heavy atom. The smallest absolute Gasteiger partial charge is 0.341 e. The van der Waals surface area contributed by atoms with Gasteiger partial charge in [-0.15, -0.1) is 0 Å². The maximum atomic E-state index is 13.1. The third kappa shape index (κ3) is 3.28. The third-order valence-electron chi connectivity index (χ3n) is 4.91. The van der Waals surface area contributed by atoms with E-state index in [0.717, 1.165) is 11.7 Å². The molecule has 3 heterocycles. The van der Waals surface area contributed by atoms with Crippen molar-refractivity contribution in [3.63, 3.8) is 0 Å². The van der Waals surface area contributed by atoms with Crippen LogP contribution in [0.1, 0.15) is 31.5 Å². The van der Waals surface area contributed by atoms with Crippen molar-refractivity contribution in [3.05, 3.63) is 56.5 Å². The van der Waals surface area contributed by atoms with E-state index in [2.05, 4.69) is 4.37 Å². The summed E-state index contributed by atoms with van der Waals surface area (Å²) in [7, 11) is 0.972. The molecule has 1 saturated heterocycles. The molecule has 11 heteroatoms. The SMILES string of the molecule is C[C@@H]1OC(c2nsc3ccc(-n4c(=O)cc(C(F)(F)F)n(C)c4=O)cc23)O[C@@H]1C. The van der Waals surface area contributed by atoms with Gasteiger partial charge in [0.1, 0.15) is 11.4 Å². The number of nitrogens with zero attached hydrogens (tertiary/aromatic N) is 3. The molecule has 0 bridgehead atoms. The number of alkyl halides is 3. The Labute approximate surface area is 166 Å². The summed E-state index contributed by atoms with van der Waals surface area (Å²) in [6.45, 7) is 3.74. The molecule has 1 unspecified atom stereocenters. The van der Waals surface area contributed by atoms with E-state index in [0.29, 0.717) is 26.3 Å². The lowest BCUT2D eigenvalue weighted by Gasteiger charge is -2.14. The van der Waals surface area contributed by atoms with Crippen molar-refractivity contribution in [2.75, 3.05) is 0 Å². The molecule has 0 aliphatic carbocycles. The summed E-state index contributed by atoms with van der Waals surface area (Å²) in [4.78, 5) is 24.9. The highest BCUT2D eigenvalue weighted by Gasteiger charge is 2.35. The molecule has 1 aliphatic rings. The summed E-state index contributed by atoms with van der Waals surface area (Å²) in [5.41, 5.74) is -2.83. The normalized spacial score (nSPS) is 22.5. The summed E-state index contributed by atoms with van der Waals surface area (Å²) < 4.78 is 56.9. The first-order valence-electron chi connectivity index (χ1n) is 8.69. The minimum atomic E-state index is -4.81. The second-order valence-corrected chi connectivity index (χ2v) is 7.61. The quantitative estimate of drug-likeness (QED) is 0.629. The van der Waals surface area contributed by atoms with Gasteiger partial charge in [-0.25, -0.2) is 9.36 Å². The van der Waals surface area contributed by atoms with Crippen molar-refractivity contribution in [2.24, 2.45) is 7.05 Å². The van der Waals surface area contributed by atoms with Gasteiger partial charge >= 0.3 is 11.9 Å². The van der Waals surface area contributed by atoms with Gasteiger partial charge in [-0.3, -0.25) is 9.36 Å². The van der Waals surface area contributed by atoms with Crippen molar-refractivity contribution in [1.29, 1.82) is 0 Å². The zero-order valence-electron chi connectivity index (χ0n) is 15.6. The van der Waals surface area contributed by atoms with Gasteiger partial charge in [0.15, 0.2) is 0 Å². The van der Waals surface area contributed by atoms with Crippen LogP contribution in [-0.4, -0.2) is 25.7 Å². The molecule has 0 amide bonds. The Morgan fingerprint density at radius 3 is 2.38 bits per heavy atom. The van der Waals surface area contributed by atoms with Crippen LogP contribution < -0.4 is 11.2 Å². The molecule has 0 radical (unpaired) electrons. The van der Waals surface area contributed by atoms with Gasteiger partial charge in [-0.1, -0.05) is 0 Å². The fourth-order valence-electron chi connectivity index (χ4n) is 3.16. The molecule has 0 saturated carbocycles.